The van der Waals surface area contributed by atoms with Gasteiger partial charge in [0.15, 0.2) is 0 Å². The molecule has 0 rings (SSSR count). The van der Waals surface area contributed by atoms with Crippen molar-refractivity contribution in [1.29, 1.82) is 0 Å². The second kappa shape index (κ2) is 9.20. The number of unbranched alkanes of at least 4 members (excludes halogenated alkanes) is 2. The van der Waals surface area contributed by atoms with Crippen LogP contribution in [0.15, 0.2) is 0 Å². The van der Waals surface area contributed by atoms with Crippen LogP contribution < -0.4 is 5.32 Å². The number of nitrogens with one attached hydrogen (secondary N) is 1. The smallest absolute Gasteiger partial charge is 0.0360 e. The Balaban J connectivity index is 3.10. The maximum atomic E-state index is 11.3. The zero-order valence-corrected chi connectivity index (χ0v) is 9.08. The SMILES string of the molecule is CCCCCS(=O)CCNCC. The number of hydrogen-bond donors (Lipinski definition) is 1. The lowest BCUT2D eigenvalue weighted by molar-refractivity contribution is 0.670. The maximum absolute atomic E-state index is 11.3. The summed E-state index contributed by atoms with van der Waals surface area (Å²) in [7, 11) is -0.585. The second-order valence-electron chi connectivity index (χ2n) is 2.91. The highest BCUT2D eigenvalue weighted by molar-refractivity contribution is 7.84. The zero-order valence-electron chi connectivity index (χ0n) is 8.27. The molecule has 0 bridgehead atoms. The van der Waals surface area contributed by atoms with E-state index in [1.807, 2.05) is 0 Å². The molecule has 0 aliphatic carbocycles. The van der Waals surface area contributed by atoms with Gasteiger partial charge in [0.1, 0.15) is 0 Å². The van der Waals surface area contributed by atoms with Gasteiger partial charge in [0.05, 0.1) is 0 Å². The Morgan fingerprint density at radius 1 is 1.17 bits per heavy atom. The summed E-state index contributed by atoms with van der Waals surface area (Å²) >= 11 is 0. The number of hydrogen-bond acceptors (Lipinski definition) is 2. The summed E-state index contributed by atoms with van der Waals surface area (Å²) in [6.07, 6.45) is 3.55. The van der Waals surface area contributed by atoms with Crippen LogP contribution in [-0.2, 0) is 10.8 Å². The molecule has 0 saturated carbocycles. The van der Waals surface area contributed by atoms with E-state index in [1.165, 1.54) is 12.8 Å². The molecule has 0 aromatic carbocycles. The Bertz CT molecular complexity index is 105. The summed E-state index contributed by atoms with van der Waals surface area (Å²) in [5, 5.41) is 3.18. The number of rotatable bonds is 8. The Labute approximate surface area is 78.6 Å². The average Bonchev–Trinajstić information content (AvgIpc) is 2.06. The molecule has 0 radical (unpaired) electrons. The van der Waals surface area contributed by atoms with Crippen LogP contribution in [0.25, 0.3) is 0 Å². The van der Waals surface area contributed by atoms with Gasteiger partial charge in [-0.05, 0) is 13.0 Å². The first-order chi connectivity index (χ1) is 5.81. The molecule has 0 aliphatic heterocycles. The van der Waals surface area contributed by atoms with Gasteiger partial charge in [0.2, 0.25) is 0 Å². The lowest BCUT2D eigenvalue weighted by Gasteiger charge is -2.01. The molecule has 0 spiro atoms. The molecule has 0 saturated heterocycles. The lowest BCUT2D eigenvalue weighted by atomic mass is 10.3. The van der Waals surface area contributed by atoms with Gasteiger partial charge in [-0.15, -0.1) is 0 Å². The molecular weight excluding hydrogens is 170 g/mol. The Hall–Kier alpha value is 0.110. The zero-order chi connectivity index (χ0) is 9.23. The minimum absolute atomic E-state index is 0.585. The third kappa shape index (κ3) is 8.21. The predicted molar refractivity (Wildman–Crippen MR) is 55.9 cm³/mol. The van der Waals surface area contributed by atoms with E-state index in [2.05, 4.69) is 19.2 Å². The molecule has 0 heterocycles. The van der Waals surface area contributed by atoms with E-state index in [1.54, 1.807) is 0 Å². The van der Waals surface area contributed by atoms with Crippen molar-refractivity contribution < 1.29 is 4.21 Å². The van der Waals surface area contributed by atoms with Gasteiger partial charge in [0, 0.05) is 28.9 Å². The van der Waals surface area contributed by atoms with Gasteiger partial charge in [0.25, 0.3) is 0 Å². The second-order valence-corrected chi connectivity index (χ2v) is 4.60. The van der Waals surface area contributed by atoms with Crippen LogP contribution in [-0.4, -0.2) is 28.8 Å². The normalized spacial score (nSPS) is 13.2. The summed E-state index contributed by atoms with van der Waals surface area (Å²) < 4.78 is 11.3. The molecule has 1 N–H and O–H groups in total. The molecule has 0 aromatic rings. The van der Waals surface area contributed by atoms with Crippen LogP contribution in [0.3, 0.4) is 0 Å². The minimum Gasteiger partial charge on any atom is -0.316 e. The molecule has 1 unspecified atom stereocenters. The fourth-order valence-electron chi connectivity index (χ4n) is 0.978. The Kier molecular flexibility index (Phi) is 9.28. The van der Waals surface area contributed by atoms with Gasteiger partial charge in [-0.25, -0.2) is 0 Å². The van der Waals surface area contributed by atoms with Crippen molar-refractivity contribution in [2.45, 2.75) is 33.1 Å². The van der Waals surface area contributed by atoms with Crippen LogP contribution in [0.1, 0.15) is 33.1 Å². The summed E-state index contributed by atoms with van der Waals surface area (Å²) in [6, 6.07) is 0. The van der Waals surface area contributed by atoms with Gasteiger partial charge in [-0.1, -0.05) is 26.7 Å². The van der Waals surface area contributed by atoms with Crippen LogP contribution in [0, 0.1) is 0 Å². The summed E-state index contributed by atoms with van der Waals surface area (Å²) in [5.41, 5.74) is 0. The van der Waals surface area contributed by atoms with Crippen molar-refractivity contribution in [3.63, 3.8) is 0 Å². The van der Waals surface area contributed by atoms with Crippen molar-refractivity contribution in [2.75, 3.05) is 24.6 Å². The van der Waals surface area contributed by atoms with E-state index in [-0.39, 0.29) is 0 Å². The fourth-order valence-corrected chi connectivity index (χ4v) is 2.08. The van der Waals surface area contributed by atoms with E-state index in [0.29, 0.717) is 0 Å². The van der Waals surface area contributed by atoms with Crippen LogP contribution in [0.4, 0.5) is 0 Å². The summed E-state index contributed by atoms with van der Waals surface area (Å²) in [5.74, 6) is 1.71. The van der Waals surface area contributed by atoms with Crippen molar-refractivity contribution in [3.05, 3.63) is 0 Å². The molecular formula is C9H21NOS. The molecule has 12 heavy (non-hydrogen) atoms. The van der Waals surface area contributed by atoms with Crippen LogP contribution in [0.5, 0.6) is 0 Å². The van der Waals surface area contributed by atoms with E-state index in [4.69, 9.17) is 0 Å². The standard InChI is InChI=1S/C9H21NOS/c1-3-5-6-8-12(11)9-7-10-4-2/h10H,3-9H2,1-2H3. The first-order valence-corrected chi connectivity index (χ1v) is 6.35. The van der Waals surface area contributed by atoms with Crippen molar-refractivity contribution in [1.82, 2.24) is 5.32 Å². The highest BCUT2D eigenvalue weighted by atomic mass is 32.2. The van der Waals surface area contributed by atoms with E-state index < -0.39 is 10.8 Å². The van der Waals surface area contributed by atoms with Gasteiger partial charge >= 0.3 is 0 Å². The van der Waals surface area contributed by atoms with Crippen molar-refractivity contribution in [2.24, 2.45) is 0 Å². The molecule has 0 amide bonds. The van der Waals surface area contributed by atoms with Crippen molar-refractivity contribution >= 4 is 10.8 Å². The summed E-state index contributed by atoms with van der Waals surface area (Å²) in [6.45, 7) is 6.11. The van der Waals surface area contributed by atoms with E-state index in [0.717, 1.165) is 31.0 Å². The van der Waals surface area contributed by atoms with Crippen LogP contribution in [0.2, 0.25) is 0 Å². The Morgan fingerprint density at radius 3 is 2.50 bits per heavy atom. The van der Waals surface area contributed by atoms with E-state index in [9.17, 15) is 4.21 Å². The van der Waals surface area contributed by atoms with Gasteiger partial charge in [-0.2, -0.15) is 0 Å². The van der Waals surface area contributed by atoms with Crippen molar-refractivity contribution in [3.8, 4) is 0 Å². The minimum atomic E-state index is -0.585. The molecule has 74 valence electrons. The first kappa shape index (κ1) is 12.1. The monoisotopic (exact) mass is 191 g/mol. The molecule has 3 heteroatoms. The summed E-state index contributed by atoms with van der Waals surface area (Å²) in [4.78, 5) is 0. The third-order valence-electron chi connectivity index (χ3n) is 1.73. The Morgan fingerprint density at radius 2 is 1.92 bits per heavy atom. The van der Waals surface area contributed by atoms with Gasteiger partial charge < -0.3 is 5.32 Å². The molecule has 0 fully saturated rings. The molecule has 0 aliphatic rings. The van der Waals surface area contributed by atoms with Gasteiger partial charge in [-0.3, -0.25) is 4.21 Å². The predicted octanol–water partition coefficient (Wildman–Crippen LogP) is 1.53. The molecule has 2 nitrogen and oxygen atoms in total. The third-order valence-corrected chi connectivity index (χ3v) is 3.14. The molecule has 1 atom stereocenters. The lowest BCUT2D eigenvalue weighted by Crippen LogP contribution is -2.20. The highest BCUT2D eigenvalue weighted by Crippen LogP contribution is 1.95. The molecule has 0 aromatic heterocycles. The maximum Gasteiger partial charge on any atom is 0.0360 e. The first-order valence-electron chi connectivity index (χ1n) is 4.87. The van der Waals surface area contributed by atoms with E-state index >= 15 is 0 Å². The highest BCUT2D eigenvalue weighted by Gasteiger charge is 1.97. The largest absolute Gasteiger partial charge is 0.316 e. The quantitative estimate of drug-likeness (QED) is 0.590. The fraction of sp³-hybridized carbons (Fsp3) is 1.00. The average molecular weight is 191 g/mol. The van der Waals surface area contributed by atoms with Crippen LogP contribution >= 0.6 is 0 Å². The topological polar surface area (TPSA) is 29.1 Å².